The molecule has 2 nitrogen and oxygen atoms in total. The minimum atomic E-state index is 0.829. The van der Waals surface area contributed by atoms with E-state index in [1.165, 1.54) is 77.3 Å². The molecule has 0 aromatic carbocycles. The Kier molecular flexibility index (Phi) is 4.25. The zero-order valence-corrected chi connectivity index (χ0v) is 12.1. The summed E-state index contributed by atoms with van der Waals surface area (Å²) in [5.74, 6) is 0. The molecule has 3 aliphatic heterocycles. The summed E-state index contributed by atoms with van der Waals surface area (Å²) in [7, 11) is 0. The third-order valence-electron chi connectivity index (χ3n) is 5.47. The van der Waals surface area contributed by atoms with E-state index in [2.05, 4.69) is 16.7 Å². The Morgan fingerprint density at radius 2 is 1.83 bits per heavy atom. The minimum absolute atomic E-state index is 0.829. The third-order valence-corrected chi connectivity index (χ3v) is 5.47. The lowest BCUT2D eigenvalue weighted by Gasteiger charge is -2.51. The Bertz CT molecular complexity index is 266. The highest BCUT2D eigenvalue weighted by molar-refractivity contribution is 4.96. The summed E-state index contributed by atoms with van der Waals surface area (Å²) in [6.07, 6.45) is 15.3. The lowest BCUT2D eigenvalue weighted by Crippen LogP contribution is -2.60. The van der Waals surface area contributed by atoms with Crippen LogP contribution in [0.2, 0.25) is 0 Å². The molecule has 3 heterocycles. The number of unbranched alkanes of at least 4 members (excludes halogenated alkanes) is 2. The maximum absolute atomic E-state index is 2.87. The van der Waals surface area contributed by atoms with Gasteiger partial charge in [0.05, 0.1) is 6.17 Å². The van der Waals surface area contributed by atoms with E-state index >= 15 is 0 Å². The normalized spacial score (nSPS) is 37.5. The number of hydrogen-bond donors (Lipinski definition) is 0. The summed E-state index contributed by atoms with van der Waals surface area (Å²) in [6.45, 7) is 5.08. The third kappa shape index (κ3) is 2.46. The fourth-order valence-electron chi connectivity index (χ4n) is 4.58. The zero-order chi connectivity index (χ0) is 12.4. The molecular weight excluding hydrogens is 220 g/mol. The molecule has 2 heteroatoms. The average Bonchev–Trinajstić information content (AvgIpc) is 2.89. The summed E-state index contributed by atoms with van der Waals surface area (Å²) in [6, 6.07) is 1.85. The Balaban J connectivity index is 1.64. The molecule has 0 bridgehead atoms. The van der Waals surface area contributed by atoms with Gasteiger partial charge < -0.3 is 0 Å². The standard InChI is InChI=1S/C16H30N2/c1-2-3-4-8-14-13-15-9-5-6-11-17(15)16-10-7-12-18(14)16/h14-16H,2-13H2,1H3/t14-,15-,16+/m1/s1. The molecule has 0 saturated carbocycles. The average molecular weight is 250 g/mol. The number of nitrogens with zero attached hydrogens (tertiary/aromatic N) is 2. The first-order valence-electron chi connectivity index (χ1n) is 8.41. The molecule has 0 radical (unpaired) electrons. The van der Waals surface area contributed by atoms with Gasteiger partial charge in [0.15, 0.2) is 0 Å². The van der Waals surface area contributed by atoms with Gasteiger partial charge in [0.2, 0.25) is 0 Å². The van der Waals surface area contributed by atoms with Crippen LogP contribution in [0, 0.1) is 0 Å². The second-order valence-corrected chi connectivity index (χ2v) is 6.63. The molecule has 0 aromatic rings. The first-order valence-corrected chi connectivity index (χ1v) is 8.41. The number of hydrogen-bond acceptors (Lipinski definition) is 2. The van der Waals surface area contributed by atoms with Crippen molar-refractivity contribution in [2.45, 2.75) is 89.4 Å². The predicted molar refractivity (Wildman–Crippen MR) is 76.6 cm³/mol. The molecular formula is C16H30N2. The SMILES string of the molecule is CCCCC[C@@H]1C[C@H]2CCCCN2[C@@H]2CCCN12. The van der Waals surface area contributed by atoms with E-state index in [0.717, 1.165) is 18.2 Å². The van der Waals surface area contributed by atoms with Gasteiger partial charge in [0, 0.05) is 18.6 Å². The molecule has 0 unspecified atom stereocenters. The maximum Gasteiger partial charge on any atom is 0.0627 e. The maximum atomic E-state index is 2.87. The quantitative estimate of drug-likeness (QED) is 0.703. The van der Waals surface area contributed by atoms with Crippen molar-refractivity contribution in [3.8, 4) is 0 Å². The van der Waals surface area contributed by atoms with Gasteiger partial charge in [0.25, 0.3) is 0 Å². The number of fused-ring (bicyclic) bond motifs is 3. The van der Waals surface area contributed by atoms with Crippen molar-refractivity contribution in [3.63, 3.8) is 0 Å². The van der Waals surface area contributed by atoms with Crippen molar-refractivity contribution in [2.75, 3.05) is 13.1 Å². The monoisotopic (exact) mass is 250 g/mol. The van der Waals surface area contributed by atoms with Crippen LogP contribution in [-0.4, -0.2) is 41.1 Å². The minimum Gasteiger partial charge on any atom is -0.285 e. The smallest absolute Gasteiger partial charge is 0.0627 e. The Morgan fingerprint density at radius 3 is 2.72 bits per heavy atom. The Labute approximate surface area is 113 Å². The summed E-state index contributed by atoms with van der Waals surface area (Å²) in [5, 5.41) is 0. The van der Waals surface area contributed by atoms with E-state index in [9.17, 15) is 0 Å². The molecule has 3 fully saturated rings. The van der Waals surface area contributed by atoms with Crippen LogP contribution >= 0.6 is 0 Å². The van der Waals surface area contributed by atoms with Crippen LogP contribution in [0.25, 0.3) is 0 Å². The van der Waals surface area contributed by atoms with Crippen molar-refractivity contribution in [1.29, 1.82) is 0 Å². The highest BCUT2D eigenvalue weighted by Crippen LogP contribution is 2.38. The molecule has 0 spiro atoms. The lowest BCUT2D eigenvalue weighted by molar-refractivity contribution is -0.0611. The largest absolute Gasteiger partial charge is 0.285 e. The van der Waals surface area contributed by atoms with Crippen molar-refractivity contribution in [1.82, 2.24) is 9.80 Å². The van der Waals surface area contributed by atoms with Gasteiger partial charge in [-0.15, -0.1) is 0 Å². The highest BCUT2D eigenvalue weighted by atomic mass is 15.4. The molecule has 18 heavy (non-hydrogen) atoms. The van der Waals surface area contributed by atoms with Crippen LogP contribution in [0.15, 0.2) is 0 Å². The molecule has 3 rings (SSSR count). The molecule has 0 aromatic heterocycles. The Hall–Kier alpha value is -0.0800. The fourth-order valence-corrected chi connectivity index (χ4v) is 4.58. The van der Waals surface area contributed by atoms with Crippen LogP contribution in [0.4, 0.5) is 0 Å². The number of rotatable bonds is 4. The van der Waals surface area contributed by atoms with E-state index < -0.39 is 0 Å². The van der Waals surface area contributed by atoms with E-state index in [1.54, 1.807) is 0 Å². The van der Waals surface area contributed by atoms with Gasteiger partial charge in [-0.3, -0.25) is 9.80 Å². The predicted octanol–water partition coefficient (Wildman–Crippen LogP) is 3.62. The van der Waals surface area contributed by atoms with Crippen LogP contribution in [-0.2, 0) is 0 Å². The van der Waals surface area contributed by atoms with Crippen LogP contribution in [0.3, 0.4) is 0 Å². The van der Waals surface area contributed by atoms with Crippen molar-refractivity contribution >= 4 is 0 Å². The lowest BCUT2D eigenvalue weighted by atomic mass is 9.89. The number of piperidine rings is 1. The van der Waals surface area contributed by atoms with Gasteiger partial charge in [-0.05, 0) is 45.1 Å². The van der Waals surface area contributed by atoms with E-state index in [-0.39, 0.29) is 0 Å². The van der Waals surface area contributed by atoms with Gasteiger partial charge in [-0.25, -0.2) is 0 Å². The first-order chi connectivity index (χ1) is 8.90. The van der Waals surface area contributed by atoms with Crippen LogP contribution in [0.5, 0.6) is 0 Å². The van der Waals surface area contributed by atoms with Gasteiger partial charge in [-0.1, -0.05) is 32.6 Å². The van der Waals surface area contributed by atoms with E-state index in [0.29, 0.717) is 0 Å². The summed E-state index contributed by atoms with van der Waals surface area (Å²) < 4.78 is 0. The van der Waals surface area contributed by atoms with E-state index in [4.69, 9.17) is 0 Å². The molecule has 3 atom stereocenters. The van der Waals surface area contributed by atoms with Gasteiger partial charge in [-0.2, -0.15) is 0 Å². The summed E-state index contributed by atoms with van der Waals surface area (Å²) >= 11 is 0. The van der Waals surface area contributed by atoms with Crippen molar-refractivity contribution in [3.05, 3.63) is 0 Å². The molecule has 104 valence electrons. The van der Waals surface area contributed by atoms with Gasteiger partial charge in [0.1, 0.15) is 0 Å². The molecule has 0 N–H and O–H groups in total. The van der Waals surface area contributed by atoms with Crippen molar-refractivity contribution in [2.24, 2.45) is 0 Å². The topological polar surface area (TPSA) is 6.48 Å². The second kappa shape index (κ2) is 5.92. The summed E-state index contributed by atoms with van der Waals surface area (Å²) in [5.41, 5.74) is 0. The fraction of sp³-hybridized carbons (Fsp3) is 1.00. The van der Waals surface area contributed by atoms with Crippen molar-refractivity contribution < 1.29 is 0 Å². The highest BCUT2D eigenvalue weighted by Gasteiger charge is 2.43. The first kappa shape index (κ1) is 12.9. The summed E-state index contributed by atoms with van der Waals surface area (Å²) in [4.78, 5) is 5.74. The molecule has 0 amide bonds. The van der Waals surface area contributed by atoms with E-state index in [1.807, 2.05) is 0 Å². The van der Waals surface area contributed by atoms with Gasteiger partial charge >= 0.3 is 0 Å². The molecule has 0 aliphatic carbocycles. The zero-order valence-electron chi connectivity index (χ0n) is 12.1. The second-order valence-electron chi connectivity index (χ2n) is 6.63. The molecule has 3 saturated heterocycles. The molecule has 3 aliphatic rings. The van der Waals surface area contributed by atoms with Crippen LogP contribution in [0.1, 0.15) is 71.1 Å². The Morgan fingerprint density at radius 1 is 0.944 bits per heavy atom. The van der Waals surface area contributed by atoms with Crippen LogP contribution < -0.4 is 0 Å².